The smallest absolute Gasteiger partial charge is 0.264 e. The molecule has 130 valence electrons. The zero-order valence-corrected chi connectivity index (χ0v) is 14.9. The van der Waals surface area contributed by atoms with Gasteiger partial charge in [0.1, 0.15) is 10.7 Å². The molecule has 0 aliphatic rings. The molecule has 6 nitrogen and oxygen atoms in total. The van der Waals surface area contributed by atoms with E-state index >= 15 is 0 Å². The summed E-state index contributed by atoms with van der Waals surface area (Å²) in [5, 5.41) is 3.76. The minimum absolute atomic E-state index is 0.0967. The van der Waals surface area contributed by atoms with Crippen molar-refractivity contribution in [2.24, 2.45) is 5.73 Å². The Bertz CT molecular complexity index is 981. The SMILES string of the molecule is Cc1noc(NS(=O)(=O)c2ccc(-c3ccc(CN)cc3)cc2)c1Cl. The molecule has 0 aliphatic carbocycles. The van der Waals surface area contributed by atoms with Gasteiger partial charge in [-0.2, -0.15) is 0 Å². The van der Waals surface area contributed by atoms with Crippen LogP contribution in [0.25, 0.3) is 11.1 Å². The molecule has 1 aromatic heterocycles. The summed E-state index contributed by atoms with van der Waals surface area (Å²) in [6, 6.07) is 14.3. The fourth-order valence-electron chi connectivity index (χ4n) is 2.26. The number of sulfonamides is 1. The molecule has 8 heteroatoms. The van der Waals surface area contributed by atoms with Crippen LogP contribution in [0.1, 0.15) is 11.3 Å². The van der Waals surface area contributed by atoms with Gasteiger partial charge in [0.2, 0.25) is 0 Å². The monoisotopic (exact) mass is 377 g/mol. The van der Waals surface area contributed by atoms with Crippen LogP contribution in [0, 0.1) is 6.92 Å². The Morgan fingerprint density at radius 3 is 2.12 bits per heavy atom. The third-order valence-corrected chi connectivity index (χ3v) is 5.50. The zero-order valence-electron chi connectivity index (χ0n) is 13.4. The number of aromatic nitrogens is 1. The van der Waals surface area contributed by atoms with E-state index in [0.717, 1.165) is 16.7 Å². The molecule has 0 aliphatic heterocycles. The molecule has 0 unspecified atom stereocenters. The third-order valence-electron chi connectivity index (χ3n) is 3.71. The molecule has 0 fully saturated rings. The van der Waals surface area contributed by atoms with Gasteiger partial charge >= 0.3 is 0 Å². The number of nitrogens with one attached hydrogen (secondary N) is 1. The van der Waals surface area contributed by atoms with E-state index in [-0.39, 0.29) is 15.8 Å². The summed E-state index contributed by atoms with van der Waals surface area (Å²) in [5.41, 5.74) is 8.91. The maximum Gasteiger partial charge on any atom is 0.264 e. The summed E-state index contributed by atoms with van der Waals surface area (Å²) in [5.74, 6) is -0.0967. The van der Waals surface area contributed by atoms with Crippen molar-refractivity contribution in [2.45, 2.75) is 18.4 Å². The van der Waals surface area contributed by atoms with Crippen LogP contribution >= 0.6 is 11.6 Å². The summed E-state index contributed by atoms with van der Waals surface area (Å²) in [4.78, 5) is 0.0972. The molecule has 3 aromatic rings. The number of nitrogens with zero attached hydrogens (tertiary/aromatic N) is 1. The lowest BCUT2D eigenvalue weighted by Crippen LogP contribution is -2.12. The number of hydrogen-bond acceptors (Lipinski definition) is 5. The minimum atomic E-state index is -3.82. The second-order valence-electron chi connectivity index (χ2n) is 5.44. The zero-order chi connectivity index (χ0) is 18.0. The van der Waals surface area contributed by atoms with Crippen molar-refractivity contribution in [3.63, 3.8) is 0 Å². The van der Waals surface area contributed by atoms with Gasteiger partial charge < -0.3 is 10.3 Å². The van der Waals surface area contributed by atoms with E-state index in [0.29, 0.717) is 12.2 Å². The van der Waals surface area contributed by atoms with Crippen LogP contribution in [0.4, 0.5) is 5.88 Å². The van der Waals surface area contributed by atoms with Crippen LogP contribution < -0.4 is 10.5 Å². The number of nitrogens with two attached hydrogens (primary N) is 1. The second-order valence-corrected chi connectivity index (χ2v) is 7.50. The normalized spacial score (nSPS) is 11.5. The van der Waals surface area contributed by atoms with Crippen LogP contribution in [0.5, 0.6) is 0 Å². The highest BCUT2D eigenvalue weighted by atomic mass is 35.5. The first kappa shape index (κ1) is 17.5. The number of halogens is 1. The Labute approximate surface area is 150 Å². The molecule has 0 amide bonds. The molecule has 0 saturated heterocycles. The Morgan fingerprint density at radius 1 is 1.08 bits per heavy atom. The molecule has 25 heavy (non-hydrogen) atoms. The van der Waals surface area contributed by atoms with Gasteiger partial charge in [0.15, 0.2) is 0 Å². The second kappa shape index (κ2) is 6.87. The first-order valence-corrected chi connectivity index (χ1v) is 9.31. The van der Waals surface area contributed by atoms with Gasteiger partial charge in [0, 0.05) is 6.54 Å². The molecule has 0 atom stereocenters. The number of aryl methyl sites for hydroxylation is 1. The van der Waals surface area contributed by atoms with Crippen molar-refractivity contribution in [1.82, 2.24) is 5.16 Å². The maximum absolute atomic E-state index is 12.4. The van der Waals surface area contributed by atoms with Crippen molar-refractivity contribution in [2.75, 3.05) is 4.72 Å². The summed E-state index contributed by atoms with van der Waals surface area (Å²) in [7, 11) is -3.82. The molecule has 0 bridgehead atoms. The lowest BCUT2D eigenvalue weighted by molar-refractivity contribution is 0.430. The van der Waals surface area contributed by atoms with Crippen molar-refractivity contribution in [3.05, 3.63) is 64.8 Å². The highest BCUT2D eigenvalue weighted by molar-refractivity contribution is 7.92. The van der Waals surface area contributed by atoms with Gasteiger partial charge in [-0.05, 0) is 35.7 Å². The molecule has 3 rings (SSSR count). The summed E-state index contributed by atoms with van der Waals surface area (Å²) in [6.07, 6.45) is 0. The number of benzene rings is 2. The largest absolute Gasteiger partial charge is 0.336 e. The van der Waals surface area contributed by atoms with E-state index in [1.807, 2.05) is 24.3 Å². The average molecular weight is 378 g/mol. The van der Waals surface area contributed by atoms with E-state index < -0.39 is 10.0 Å². The molecule has 2 aromatic carbocycles. The number of anilines is 1. The standard InChI is InChI=1S/C17H16ClN3O3S/c1-11-16(18)17(24-20-11)21-25(22,23)15-8-6-14(7-9-15)13-4-2-12(10-19)3-5-13/h2-9,21H,10,19H2,1H3. The molecule has 1 heterocycles. The van der Waals surface area contributed by atoms with Crippen LogP contribution in [-0.2, 0) is 16.6 Å². The maximum atomic E-state index is 12.4. The fourth-order valence-corrected chi connectivity index (χ4v) is 3.43. The molecular formula is C17H16ClN3O3S. The van der Waals surface area contributed by atoms with Gasteiger partial charge in [-0.25, -0.2) is 13.1 Å². The third kappa shape index (κ3) is 3.68. The lowest BCUT2D eigenvalue weighted by Gasteiger charge is -2.07. The molecule has 0 saturated carbocycles. The Morgan fingerprint density at radius 2 is 1.64 bits per heavy atom. The van der Waals surface area contributed by atoms with E-state index in [4.69, 9.17) is 21.9 Å². The predicted octanol–water partition coefficient (Wildman–Crippen LogP) is 3.56. The summed E-state index contributed by atoms with van der Waals surface area (Å²) < 4.78 is 32.0. The highest BCUT2D eigenvalue weighted by Gasteiger charge is 2.20. The Hall–Kier alpha value is -2.35. The van der Waals surface area contributed by atoms with Crippen LogP contribution in [0.3, 0.4) is 0 Å². The summed E-state index contributed by atoms with van der Waals surface area (Å²) >= 11 is 5.94. The van der Waals surface area contributed by atoms with Crippen molar-refractivity contribution in [1.29, 1.82) is 0 Å². The van der Waals surface area contributed by atoms with Gasteiger partial charge in [-0.1, -0.05) is 53.2 Å². The van der Waals surface area contributed by atoms with Crippen molar-refractivity contribution in [3.8, 4) is 11.1 Å². The Kier molecular flexibility index (Phi) is 4.80. The van der Waals surface area contributed by atoms with Crippen molar-refractivity contribution < 1.29 is 12.9 Å². The topological polar surface area (TPSA) is 98.2 Å². The van der Waals surface area contributed by atoms with Gasteiger partial charge in [0.05, 0.1) is 4.90 Å². The number of rotatable bonds is 5. The number of hydrogen-bond donors (Lipinski definition) is 2. The predicted molar refractivity (Wildman–Crippen MR) is 96.8 cm³/mol. The van der Waals surface area contributed by atoms with Crippen molar-refractivity contribution >= 4 is 27.5 Å². The highest BCUT2D eigenvalue weighted by Crippen LogP contribution is 2.28. The van der Waals surface area contributed by atoms with Gasteiger partial charge in [0.25, 0.3) is 15.9 Å². The van der Waals surface area contributed by atoms with E-state index in [2.05, 4.69) is 9.88 Å². The molecule has 3 N–H and O–H groups in total. The molecule has 0 spiro atoms. The van der Waals surface area contributed by atoms with E-state index in [9.17, 15) is 8.42 Å². The Balaban J connectivity index is 1.84. The van der Waals surface area contributed by atoms with E-state index in [1.54, 1.807) is 19.1 Å². The van der Waals surface area contributed by atoms with E-state index in [1.165, 1.54) is 12.1 Å². The summed E-state index contributed by atoms with van der Waals surface area (Å²) in [6.45, 7) is 2.10. The fraction of sp³-hybridized carbons (Fsp3) is 0.118. The lowest BCUT2D eigenvalue weighted by atomic mass is 10.0. The average Bonchev–Trinajstić information content (AvgIpc) is 2.93. The quantitative estimate of drug-likeness (QED) is 0.708. The van der Waals surface area contributed by atoms with Crippen LogP contribution in [0.15, 0.2) is 57.9 Å². The van der Waals surface area contributed by atoms with Crippen LogP contribution in [-0.4, -0.2) is 13.6 Å². The molecular weight excluding hydrogens is 362 g/mol. The minimum Gasteiger partial charge on any atom is -0.336 e. The van der Waals surface area contributed by atoms with Gasteiger partial charge in [-0.15, -0.1) is 0 Å². The first-order chi connectivity index (χ1) is 11.9. The molecule has 0 radical (unpaired) electrons. The van der Waals surface area contributed by atoms with Gasteiger partial charge in [-0.3, -0.25) is 0 Å². The van der Waals surface area contributed by atoms with Crippen LogP contribution in [0.2, 0.25) is 5.02 Å². The first-order valence-electron chi connectivity index (χ1n) is 7.45.